The van der Waals surface area contributed by atoms with Crippen LogP contribution in [0.25, 0.3) is 0 Å². The number of hydrogen-bond donors (Lipinski definition) is 2. The predicted octanol–water partition coefficient (Wildman–Crippen LogP) is 2.57. The molecule has 0 bridgehead atoms. The van der Waals surface area contributed by atoms with E-state index in [2.05, 4.69) is 36.5 Å². The van der Waals surface area contributed by atoms with Gasteiger partial charge in [0, 0.05) is 18.6 Å². The number of benzene rings is 1. The molecule has 0 heterocycles. The summed E-state index contributed by atoms with van der Waals surface area (Å²) in [7, 11) is 0. The first-order chi connectivity index (χ1) is 7.78. The maximum Gasteiger partial charge on any atom is 0.0210 e. The Morgan fingerprint density at radius 3 is 2.25 bits per heavy atom. The van der Waals surface area contributed by atoms with E-state index in [0.717, 1.165) is 6.54 Å². The Morgan fingerprint density at radius 1 is 1.19 bits per heavy atom. The second kappa shape index (κ2) is 4.98. The van der Waals surface area contributed by atoms with E-state index < -0.39 is 0 Å². The van der Waals surface area contributed by atoms with Crippen molar-refractivity contribution in [3.05, 3.63) is 35.4 Å². The second-order valence-corrected chi connectivity index (χ2v) is 4.86. The fourth-order valence-electron chi connectivity index (χ4n) is 2.34. The molecule has 1 saturated carbocycles. The standard InChI is InChI=1S/C14H22N2/c1-2-14(8-3-9-14)16-11-13-6-4-12(10-15)5-7-13/h4-7,16H,2-3,8-11,15H2,1H3. The Hall–Kier alpha value is -0.860. The summed E-state index contributed by atoms with van der Waals surface area (Å²) in [5.41, 5.74) is 8.58. The van der Waals surface area contributed by atoms with Gasteiger partial charge in [-0.05, 0) is 36.8 Å². The molecule has 0 radical (unpaired) electrons. The topological polar surface area (TPSA) is 38.0 Å². The zero-order valence-corrected chi connectivity index (χ0v) is 10.1. The van der Waals surface area contributed by atoms with Gasteiger partial charge in [0.2, 0.25) is 0 Å². The average molecular weight is 218 g/mol. The minimum Gasteiger partial charge on any atom is -0.326 e. The summed E-state index contributed by atoms with van der Waals surface area (Å²) >= 11 is 0. The average Bonchev–Trinajstić information content (AvgIpc) is 2.29. The smallest absolute Gasteiger partial charge is 0.0210 e. The molecule has 1 aromatic rings. The molecule has 1 aliphatic carbocycles. The molecule has 0 spiro atoms. The van der Waals surface area contributed by atoms with Gasteiger partial charge in [-0.15, -0.1) is 0 Å². The van der Waals surface area contributed by atoms with E-state index in [1.807, 2.05) is 0 Å². The van der Waals surface area contributed by atoms with Crippen molar-refractivity contribution in [3.8, 4) is 0 Å². The zero-order valence-electron chi connectivity index (χ0n) is 10.1. The van der Waals surface area contributed by atoms with Crippen molar-refractivity contribution < 1.29 is 0 Å². The molecule has 0 unspecified atom stereocenters. The quantitative estimate of drug-likeness (QED) is 0.797. The highest BCUT2D eigenvalue weighted by molar-refractivity contribution is 5.22. The van der Waals surface area contributed by atoms with Crippen LogP contribution in [0.1, 0.15) is 43.7 Å². The first-order valence-corrected chi connectivity index (χ1v) is 6.31. The van der Waals surface area contributed by atoms with Crippen LogP contribution >= 0.6 is 0 Å². The van der Waals surface area contributed by atoms with Crippen molar-refractivity contribution in [2.24, 2.45) is 5.73 Å². The minimum absolute atomic E-state index is 0.437. The molecule has 0 atom stereocenters. The van der Waals surface area contributed by atoms with Crippen molar-refractivity contribution in [2.75, 3.05) is 0 Å². The Morgan fingerprint density at radius 2 is 1.81 bits per heavy atom. The van der Waals surface area contributed by atoms with Crippen LogP contribution in [-0.2, 0) is 13.1 Å². The minimum atomic E-state index is 0.437. The molecule has 2 nitrogen and oxygen atoms in total. The van der Waals surface area contributed by atoms with Gasteiger partial charge in [-0.25, -0.2) is 0 Å². The first kappa shape index (κ1) is 11.6. The molecule has 2 heteroatoms. The van der Waals surface area contributed by atoms with Gasteiger partial charge in [0.15, 0.2) is 0 Å². The number of nitrogens with one attached hydrogen (secondary N) is 1. The zero-order chi connectivity index (χ0) is 11.4. The highest BCUT2D eigenvalue weighted by atomic mass is 15.0. The Bertz CT molecular complexity index is 320. The molecule has 0 aliphatic heterocycles. The Kier molecular flexibility index (Phi) is 3.62. The normalized spacial score (nSPS) is 18.1. The van der Waals surface area contributed by atoms with E-state index in [-0.39, 0.29) is 0 Å². The third-order valence-electron chi connectivity index (χ3n) is 3.91. The summed E-state index contributed by atoms with van der Waals surface area (Å²) in [6, 6.07) is 8.60. The highest BCUT2D eigenvalue weighted by Gasteiger charge is 2.33. The largest absolute Gasteiger partial charge is 0.326 e. The third kappa shape index (κ3) is 2.45. The molecular formula is C14H22N2. The van der Waals surface area contributed by atoms with E-state index in [9.17, 15) is 0 Å². The second-order valence-electron chi connectivity index (χ2n) is 4.86. The highest BCUT2D eigenvalue weighted by Crippen LogP contribution is 2.34. The lowest BCUT2D eigenvalue weighted by atomic mass is 9.75. The van der Waals surface area contributed by atoms with Gasteiger partial charge in [-0.3, -0.25) is 0 Å². The van der Waals surface area contributed by atoms with Gasteiger partial charge in [0.25, 0.3) is 0 Å². The monoisotopic (exact) mass is 218 g/mol. The molecule has 0 aromatic heterocycles. The number of hydrogen-bond acceptors (Lipinski definition) is 2. The van der Waals surface area contributed by atoms with Gasteiger partial charge in [0.1, 0.15) is 0 Å². The van der Waals surface area contributed by atoms with Crippen LogP contribution in [0.3, 0.4) is 0 Å². The van der Waals surface area contributed by atoms with E-state index in [1.165, 1.54) is 36.8 Å². The maximum absolute atomic E-state index is 5.58. The van der Waals surface area contributed by atoms with Gasteiger partial charge < -0.3 is 11.1 Å². The molecule has 0 amide bonds. The van der Waals surface area contributed by atoms with Crippen molar-refractivity contribution >= 4 is 0 Å². The lowest BCUT2D eigenvalue weighted by molar-refractivity contribution is 0.175. The van der Waals surface area contributed by atoms with Crippen LogP contribution in [0.4, 0.5) is 0 Å². The van der Waals surface area contributed by atoms with Gasteiger partial charge >= 0.3 is 0 Å². The lowest BCUT2D eigenvalue weighted by Gasteiger charge is -2.42. The molecular weight excluding hydrogens is 196 g/mol. The van der Waals surface area contributed by atoms with E-state index in [0.29, 0.717) is 12.1 Å². The van der Waals surface area contributed by atoms with Gasteiger partial charge in [-0.2, -0.15) is 0 Å². The van der Waals surface area contributed by atoms with Gasteiger partial charge in [-0.1, -0.05) is 31.2 Å². The summed E-state index contributed by atoms with van der Waals surface area (Å²) in [6.45, 7) is 3.90. The Balaban J connectivity index is 1.89. The van der Waals surface area contributed by atoms with Crippen LogP contribution in [0, 0.1) is 0 Å². The van der Waals surface area contributed by atoms with Crippen molar-refractivity contribution in [3.63, 3.8) is 0 Å². The van der Waals surface area contributed by atoms with Gasteiger partial charge in [0.05, 0.1) is 0 Å². The summed E-state index contributed by atoms with van der Waals surface area (Å²) in [6.07, 6.45) is 5.30. The molecule has 0 saturated heterocycles. The van der Waals surface area contributed by atoms with E-state index in [1.54, 1.807) is 0 Å². The number of rotatable bonds is 5. The summed E-state index contributed by atoms with van der Waals surface area (Å²) < 4.78 is 0. The SMILES string of the molecule is CCC1(NCc2ccc(CN)cc2)CCC1. The molecule has 3 N–H and O–H groups in total. The predicted molar refractivity (Wildman–Crippen MR) is 68.0 cm³/mol. The van der Waals surface area contributed by atoms with Crippen LogP contribution in [0.5, 0.6) is 0 Å². The van der Waals surface area contributed by atoms with Crippen LogP contribution < -0.4 is 11.1 Å². The maximum atomic E-state index is 5.58. The fraction of sp³-hybridized carbons (Fsp3) is 0.571. The molecule has 16 heavy (non-hydrogen) atoms. The first-order valence-electron chi connectivity index (χ1n) is 6.31. The van der Waals surface area contributed by atoms with E-state index >= 15 is 0 Å². The summed E-state index contributed by atoms with van der Waals surface area (Å²) in [5, 5.41) is 3.70. The summed E-state index contributed by atoms with van der Waals surface area (Å²) in [4.78, 5) is 0. The lowest BCUT2D eigenvalue weighted by Crippen LogP contribution is -2.49. The van der Waals surface area contributed by atoms with Crippen molar-refractivity contribution in [1.82, 2.24) is 5.32 Å². The molecule has 2 rings (SSSR count). The molecule has 1 fully saturated rings. The fourth-order valence-corrected chi connectivity index (χ4v) is 2.34. The summed E-state index contributed by atoms with van der Waals surface area (Å²) in [5.74, 6) is 0. The molecule has 88 valence electrons. The third-order valence-corrected chi connectivity index (χ3v) is 3.91. The molecule has 1 aromatic carbocycles. The van der Waals surface area contributed by atoms with Crippen LogP contribution in [0.15, 0.2) is 24.3 Å². The number of nitrogens with two attached hydrogens (primary N) is 1. The van der Waals surface area contributed by atoms with Crippen LogP contribution in [0.2, 0.25) is 0 Å². The van der Waals surface area contributed by atoms with E-state index in [4.69, 9.17) is 5.73 Å². The molecule has 1 aliphatic rings. The van der Waals surface area contributed by atoms with Crippen molar-refractivity contribution in [2.45, 2.75) is 51.2 Å². The van der Waals surface area contributed by atoms with Crippen LogP contribution in [-0.4, -0.2) is 5.54 Å². The van der Waals surface area contributed by atoms with Crippen molar-refractivity contribution in [1.29, 1.82) is 0 Å². The Labute approximate surface area is 98.2 Å².